The Kier molecular flexibility index (Phi) is 3.79. The molecule has 2 N–H and O–H groups in total. The molecular weight excluding hydrogens is 105 g/mol. The van der Waals surface area contributed by atoms with Crippen LogP contribution in [0.3, 0.4) is 0 Å². The largest absolute Gasteiger partial charge is 0.325 e. The average Bonchev–Trinajstić information content (AvgIpc) is 1.65. The maximum atomic E-state index is 11.6. The van der Waals surface area contributed by atoms with Gasteiger partial charge in [0.05, 0.1) is 0 Å². The second kappa shape index (κ2) is 3.84. The van der Waals surface area contributed by atoms with Gasteiger partial charge in [0.1, 0.15) is 6.67 Å². The normalized spacial score (nSPS) is 14.6. The van der Waals surface area contributed by atoms with Gasteiger partial charge in [-0.2, -0.15) is 0 Å². The van der Waals surface area contributed by atoms with Gasteiger partial charge in [-0.15, -0.1) is 0 Å². The molecule has 0 aromatic rings. The summed E-state index contributed by atoms with van der Waals surface area (Å²) in [5, 5.41) is 0. The summed E-state index contributed by atoms with van der Waals surface area (Å²) in [5.74, 6) is 0.515. The molecule has 2 heteroatoms. The van der Waals surface area contributed by atoms with Crippen LogP contribution in [-0.4, -0.2) is 12.7 Å². The average molecular weight is 119 g/mol. The van der Waals surface area contributed by atoms with E-state index < -0.39 is 6.67 Å². The Hall–Kier alpha value is -0.110. The number of rotatable bonds is 3. The minimum atomic E-state index is -0.391. The molecule has 1 atom stereocenters. The monoisotopic (exact) mass is 119 g/mol. The van der Waals surface area contributed by atoms with Gasteiger partial charge in [-0.3, -0.25) is 0 Å². The van der Waals surface area contributed by atoms with Crippen LogP contribution in [-0.2, 0) is 0 Å². The fraction of sp³-hybridized carbons (Fsp3) is 1.00. The van der Waals surface area contributed by atoms with Crippen LogP contribution in [0.25, 0.3) is 0 Å². The maximum absolute atomic E-state index is 11.6. The summed E-state index contributed by atoms with van der Waals surface area (Å²) in [6.45, 7) is 3.68. The number of alkyl halides is 1. The second-order valence-electron chi connectivity index (χ2n) is 2.54. The maximum Gasteiger partial charge on any atom is 0.104 e. The first-order valence-corrected chi connectivity index (χ1v) is 2.98. The van der Waals surface area contributed by atoms with Crippen molar-refractivity contribution in [3.63, 3.8) is 0 Å². The molecule has 0 fully saturated rings. The number of hydrogen-bond donors (Lipinski definition) is 1. The van der Waals surface area contributed by atoms with Crippen LogP contribution in [0, 0.1) is 5.92 Å². The van der Waals surface area contributed by atoms with Crippen LogP contribution in [0.4, 0.5) is 4.39 Å². The standard InChI is InChI=1S/C6H14FN/c1-5(2)3-6(8)4-7/h5-6H,3-4,8H2,1-2H3/t6-/m1/s1. The number of hydrogen-bond acceptors (Lipinski definition) is 1. The van der Waals surface area contributed by atoms with Crippen molar-refractivity contribution in [1.82, 2.24) is 0 Å². The highest BCUT2D eigenvalue weighted by Gasteiger charge is 2.02. The summed E-state index contributed by atoms with van der Waals surface area (Å²) >= 11 is 0. The van der Waals surface area contributed by atoms with Crippen molar-refractivity contribution in [3.8, 4) is 0 Å². The van der Waals surface area contributed by atoms with Gasteiger partial charge in [0.25, 0.3) is 0 Å². The topological polar surface area (TPSA) is 26.0 Å². The van der Waals surface area contributed by atoms with Crippen molar-refractivity contribution in [1.29, 1.82) is 0 Å². The Bertz CT molecular complexity index is 54.5. The Labute approximate surface area is 50.1 Å². The summed E-state index contributed by atoms with van der Waals surface area (Å²) in [5.41, 5.74) is 5.30. The van der Waals surface area contributed by atoms with Crippen molar-refractivity contribution in [2.24, 2.45) is 11.7 Å². The first-order chi connectivity index (χ1) is 3.66. The van der Waals surface area contributed by atoms with Crippen LogP contribution in [0.2, 0.25) is 0 Å². The van der Waals surface area contributed by atoms with E-state index >= 15 is 0 Å². The summed E-state index contributed by atoms with van der Waals surface area (Å²) < 4.78 is 11.6. The van der Waals surface area contributed by atoms with E-state index in [9.17, 15) is 4.39 Å². The molecule has 1 nitrogen and oxygen atoms in total. The number of nitrogens with two attached hydrogens (primary N) is 1. The highest BCUT2D eigenvalue weighted by Crippen LogP contribution is 2.01. The summed E-state index contributed by atoms with van der Waals surface area (Å²) in [7, 11) is 0. The Morgan fingerprint density at radius 3 is 2.12 bits per heavy atom. The molecule has 0 saturated heterocycles. The van der Waals surface area contributed by atoms with Crippen LogP contribution in [0.5, 0.6) is 0 Å². The van der Waals surface area contributed by atoms with Crippen molar-refractivity contribution >= 4 is 0 Å². The molecule has 0 bridgehead atoms. The first kappa shape index (κ1) is 7.89. The molecule has 0 aliphatic heterocycles. The third kappa shape index (κ3) is 4.06. The number of halogens is 1. The lowest BCUT2D eigenvalue weighted by atomic mass is 10.1. The van der Waals surface area contributed by atoms with E-state index in [-0.39, 0.29) is 6.04 Å². The van der Waals surface area contributed by atoms with Crippen molar-refractivity contribution in [2.45, 2.75) is 26.3 Å². The van der Waals surface area contributed by atoms with Crippen LogP contribution >= 0.6 is 0 Å². The lowest BCUT2D eigenvalue weighted by Gasteiger charge is -2.08. The fourth-order valence-electron chi connectivity index (χ4n) is 0.668. The highest BCUT2D eigenvalue weighted by molar-refractivity contribution is 4.60. The zero-order valence-corrected chi connectivity index (χ0v) is 5.52. The van der Waals surface area contributed by atoms with Crippen molar-refractivity contribution < 1.29 is 4.39 Å². The van der Waals surface area contributed by atoms with Gasteiger partial charge >= 0.3 is 0 Å². The summed E-state index contributed by atoms with van der Waals surface area (Å²) in [6, 6.07) is -0.241. The predicted molar refractivity (Wildman–Crippen MR) is 33.4 cm³/mol. The molecule has 0 heterocycles. The second-order valence-corrected chi connectivity index (χ2v) is 2.54. The highest BCUT2D eigenvalue weighted by atomic mass is 19.1. The lowest BCUT2D eigenvalue weighted by Crippen LogP contribution is -2.23. The zero-order chi connectivity index (χ0) is 6.57. The molecule has 0 aromatic carbocycles. The van der Waals surface area contributed by atoms with E-state index in [1.807, 2.05) is 13.8 Å². The molecule has 0 saturated carbocycles. The molecule has 0 amide bonds. The third-order valence-electron chi connectivity index (χ3n) is 0.972. The van der Waals surface area contributed by atoms with Crippen LogP contribution < -0.4 is 5.73 Å². The molecule has 50 valence electrons. The molecular formula is C6H14FN. The van der Waals surface area contributed by atoms with Gasteiger partial charge < -0.3 is 5.73 Å². The predicted octanol–water partition coefficient (Wildman–Crippen LogP) is 1.33. The van der Waals surface area contributed by atoms with E-state index in [2.05, 4.69) is 0 Å². The molecule has 0 unspecified atom stereocenters. The third-order valence-corrected chi connectivity index (χ3v) is 0.972. The summed E-state index contributed by atoms with van der Waals surface area (Å²) in [6.07, 6.45) is 0.788. The molecule has 0 rings (SSSR count). The van der Waals surface area contributed by atoms with E-state index in [4.69, 9.17) is 5.73 Å². The zero-order valence-electron chi connectivity index (χ0n) is 5.52. The van der Waals surface area contributed by atoms with Gasteiger partial charge in [0.15, 0.2) is 0 Å². The van der Waals surface area contributed by atoms with Crippen molar-refractivity contribution in [2.75, 3.05) is 6.67 Å². The lowest BCUT2D eigenvalue weighted by molar-refractivity contribution is 0.381. The molecule has 0 aromatic heterocycles. The van der Waals surface area contributed by atoms with Gasteiger partial charge in [0.2, 0.25) is 0 Å². The van der Waals surface area contributed by atoms with Gasteiger partial charge in [-0.05, 0) is 12.3 Å². The minimum absolute atomic E-state index is 0.241. The molecule has 0 aliphatic rings. The SMILES string of the molecule is CC(C)C[C@@H](N)CF. The molecule has 0 radical (unpaired) electrons. The van der Waals surface area contributed by atoms with Gasteiger partial charge in [0, 0.05) is 6.04 Å². The van der Waals surface area contributed by atoms with Crippen molar-refractivity contribution in [3.05, 3.63) is 0 Å². The molecule has 0 spiro atoms. The molecule has 8 heavy (non-hydrogen) atoms. The molecule has 0 aliphatic carbocycles. The van der Waals surface area contributed by atoms with E-state index in [0.717, 1.165) is 6.42 Å². The van der Waals surface area contributed by atoms with E-state index in [0.29, 0.717) is 5.92 Å². The quantitative estimate of drug-likeness (QED) is 0.596. The summed E-state index contributed by atoms with van der Waals surface area (Å²) in [4.78, 5) is 0. The Morgan fingerprint density at radius 2 is 2.00 bits per heavy atom. The smallest absolute Gasteiger partial charge is 0.104 e. The van der Waals surface area contributed by atoms with Crippen LogP contribution in [0.1, 0.15) is 20.3 Å². The fourth-order valence-corrected chi connectivity index (χ4v) is 0.668. The van der Waals surface area contributed by atoms with E-state index in [1.165, 1.54) is 0 Å². The minimum Gasteiger partial charge on any atom is -0.325 e. The van der Waals surface area contributed by atoms with Crippen LogP contribution in [0.15, 0.2) is 0 Å². The Morgan fingerprint density at radius 1 is 1.50 bits per heavy atom. The Balaban J connectivity index is 3.10. The van der Waals surface area contributed by atoms with Gasteiger partial charge in [-0.1, -0.05) is 13.8 Å². The van der Waals surface area contributed by atoms with Gasteiger partial charge in [-0.25, -0.2) is 4.39 Å². The first-order valence-electron chi connectivity index (χ1n) is 2.98. The van der Waals surface area contributed by atoms with E-state index in [1.54, 1.807) is 0 Å².